The Morgan fingerprint density at radius 3 is 2.08 bits per heavy atom. The highest BCUT2D eigenvalue weighted by Gasteiger charge is 2.45. The summed E-state index contributed by atoms with van der Waals surface area (Å²) in [4.78, 5) is 0. The molecule has 0 bridgehead atoms. The molecule has 4 nitrogen and oxygen atoms in total. The lowest BCUT2D eigenvalue weighted by Gasteiger charge is -2.45. The maximum Gasteiger partial charge on any atom is 0.192 e. The first kappa shape index (κ1) is 22.9. The molecule has 1 rings (SSSR count). The first-order chi connectivity index (χ1) is 11.8. The standard InChI is InChI=1S/C21H36O4Si/c1-10-18(22)19(25-26(8,9)20(2,3)4)21(5,6)24-15-16-11-13-17(23-7)14-12-16/h10-14,18-19,22H,1,15H2,2-9H3/t18-,19+/m1/s1. The molecule has 0 aromatic heterocycles. The van der Waals surface area contributed by atoms with Crippen molar-refractivity contribution in [1.82, 2.24) is 0 Å². The quantitative estimate of drug-likeness (QED) is 0.487. The van der Waals surface area contributed by atoms with E-state index in [0.29, 0.717) is 6.61 Å². The number of hydrogen-bond acceptors (Lipinski definition) is 4. The highest BCUT2D eigenvalue weighted by molar-refractivity contribution is 6.74. The van der Waals surface area contributed by atoms with E-state index < -0.39 is 26.1 Å². The Morgan fingerprint density at radius 2 is 1.65 bits per heavy atom. The fourth-order valence-corrected chi connectivity index (χ4v) is 3.73. The van der Waals surface area contributed by atoms with Gasteiger partial charge in [-0.1, -0.05) is 39.0 Å². The maximum atomic E-state index is 10.5. The van der Waals surface area contributed by atoms with Crippen LogP contribution in [-0.4, -0.2) is 38.3 Å². The third-order valence-electron chi connectivity index (χ3n) is 5.23. The van der Waals surface area contributed by atoms with Crippen LogP contribution in [0.5, 0.6) is 5.75 Å². The molecule has 1 aromatic carbocycles. The molecular weight excluding hydrogens is 344 g/mol. The molecular formula is C21H36O4Si. The van der Waals surface area contributed by atoms with Crippen LogP contribution >= 0.6 is 0 Å². The molecule has 0 saturated carbocycles. The van der Waals surface area contributed by atoms with Gasteiger partial charge in [-0.15, -0.1) is 6.58 Å². The van der Waals surface area contributed by atoms with Crippen LogP contribution in [0.2, 0.25) is 18.1 Å². The summed E-state index contributed by atoms with van der Waals surface area (Å²) < 4.78 is 17.9. The van der Waals surface area contributed by atoms with Crippen LogP contribution in [0.3, 0.4) is 0 Å². The number of ether oxygens (including phenoxy) is 2. The molecule has 0 radical (unpaired) electrons. The van der Waals surface area contributed by atoms with Crippen molar-refractivity contribution >= 4 is 8.32 Å². The van der Waals surface area contributed by atoms with Gasteiger partial charge in [0.05, 0.1) is 25.4 Å². The van der Waals surface area contributed by atoms with Gasteiger partial charge in [-0.25, -0.2) is 0 Å². The first-order valence-electron chi connectivity index (χ1n) is 9.09. The largest absolute Gasteiger partial charge is 0.497 e. The summed E-state index contributed by atoms with van der Waals surface area (Å²) in [6.07, 6.45) is 0.241. The Bertz CT molecular complexity index is 573. The molecule has 148 valence electrons. The molecule has 0 heterocycles. The van der Waals surface area contributed by atoms with Crippen molar-refractivity contribution in [2.45, 2.75) is 77.2 Å². The smallest absolute Gasteiger partial charge is 0.192 e. The molecule has 0 amide bonds. The normalized spacial score (nSPS) is 15.4. The topological polar surface area (TPSA) is 47.9 Å². The minimum atomic E-state index is -2.08. The fourth-order valence-electron chi connectivity index (χ4n) is 2.31. The molecule has 0 aliphatic carbocycles. The summed E-state index contributed by atoms with van der Waals surface area (Å²) in [5, 5.41) is 10.6. The van der Waals surface area contributed by atoms with E-state index in [1.165, 1.54) is 6.08 Å². The number of rotatable bonds is 9. The van der Waals surface area contributed by atoms with Gasteiger partial charge in [0.15, 0.2) is 8.32 Å². The zero-order valence-electron chi connectivity index (χ0n) is 17.6. The van der Waals surface area contributed by atoms with E-state index in [1.54, 1.807) is 7.11 Å². The van der Waals surface area contributed by atoms with Gasteiger partial charge in [-0.05, 0) is 49.7 Å². The molecule has 0 aliphatic rings. The van der Waals surface area contributed by atoms with E-state index >= 15 is 0 Å². The molecule has 2 atom stereocenters. The van der Waals surface area contributed by atoms with E-state index in [9.17, 15) is 5.11 Å². The molecule has 1 aromatic rings. The van der Waals surface area contributed by atoms with E-state index in [0.717, 1.165) is 11.3 Å². The van der Waals surface area contributed by atoms with E-state index in [2.05, 4.69) is 40.4 Å². The molecule has 1 N–H and O–H groups in total. The molecule has 0 saturated heterocycles. The van der Waals surface area contributed by atoms with Crippen molar-refractivity contribution in [3.8, 4) is 5.75 Å². The van der Waals surface area contributed by atoms with Crippen LogP contribution in [0.4, 0.5) is 0 Å². The molecule has 0 fully saturated rings. The van der Waals surface area contributed by atoms with Crippen LogP contribution in [-0.2, 0) is 15.8 Å². The minimum absolute atomic E-state index is 0.0399. The third kappa shape index (κ3) is 5.95. The van der Waals surface area contributed by atoms with Crippen molar-refractivity contribution in [3.05, 3.63) is 42.5 Å². The number of methoxy groups -OCH3 is 1. The number of aliphatic hydroxyl groups excluding tert-OH is 1. The predicted molar refractivity (Wildman–Crippen MR) is 110 cm³/mol. The average Bonchev–Trinajstić information content (AvgIpc) is 2.56. The van der Waals surface area contributed by atoms with Gasteiger partial charge in [0, 0.05) is 0 Å². The lowest BCUT2D eigenvalue weighted by Crippen LogP contribution is -2.55. The summed E-state index contributed by atoms with van der Waals surface area (Å²) >= 11 is 0. The molecule has 0 unspecified atom stereocenters. The summed E-state index contributed by atoms with van der Waals surface area (Å²) in [6, 6.07) is 7.77. The predicted octanol–water partition coefficient (Wildman–Crippen LogP) is 4.93. The summed E-state index contributed by atoms with van der Waals surface area (Å²) in [7, 11) is -0.435. The highest BCUT2D eigenvalue weighted by Crippen LogP contribution is 2.39. The molecule has 0 aliphatic heterocycles. The lowest BCUT2D eigenvalue weighted by molar-refractivity contribution is -0.131. The van der Waals surface area contributed by atoms with Gasteiger partial charge in [-0.3, -0.25) is 0 Å². The molecule has 5 heteroatoms. The first-order valence-corrected chi connectivity index (χ1v) is 12.0. The van der Waals surface area contributed by atoms with Crippen molar-refractivity contribution in [3.63, 3.8) is 0 Å². The van der Waals surface area contributed by atoms with Crippen LogP contribution < -0.4 is 4.74 Å². The van der Waals surface area contributed by atoms with Crippen molar-refractivity contribution in [2.24, 2.45) is 0 Å². The SMILES string of the molecule is C=C[C@@H](O)[C@H](O[Si](C)(C)C(C)(C)C)C(C)(C)OCc1ccc(OC)cc1. The third-order valence-corrected chi connectivity index (χ3v) is 9.69. The lowest BCUT2D eigenvalue weighted by atomic mass is 9.96. The average molecular weight is 381 g/mol. The Morgan fingerprint density at radius 1 is 1.12 bits per heavy atom. The van der Waals surface area contributed by atoms with Crippen LogP contribution in [0.1, 0.15) is 40.2 Å². The van der Waals surface area contributed by atoms with Gasteiger partial charge < -0.3 is 19.0 Å². The van der Waals surface area contributed by atoms with Gasteiger partial charge in [0.25, 0.3) is 0 Å². The fraction of sp³-hybridized carbons (Fsp3) is 0.619. The van der Waals surface area contributed by atoms with Gasteiger partial charge in [0.1, 0.15) is 11.9 Å². The monoisotopic (exact) mass is 380 g/mol. The Hall–Kier alpha value is -1.14. The number of aliphatic hydroxyl groups is 1. The second kappa shape index (κ2) is 8.70. The Kier molecular flexibility index (Phi) is 7.66. The van der Waals surface area contributed by atoms with E-state index in [-0.39, 0.29) is 5.04 Å². The van der Waals surface area contributed by atoms with Crippen LogP contribution in [0.15, 0.2) is 36.9 Å². The van der Waals surface area contributed by atoms with E-state index in [1.807, 2.05) is 38.1 Å². The Balaban J connectivity index is 2.94. The minimum Gasteiger partial charge on any atom is -0.497 e. The van der Waals surface area contributed by atoms with Crippen molar-refractivity contribution in [1.29, 1.82) is 0 Å². The number of benzene rings is 1. The van der Waals surface area contributed by atoms with Crippen molar-refractivity contribution < 1.29 is 19.0 Å². The van der Waals surface area contributed by atoms with Crippen LogP contribution in [0.25, 0.3) is 0 Å². The summed E-state index contributed by atoms with van der Waals surface area (Å²) in [5.74, 6) is 0.814. The van der Waals surface area contributed by atoms with E-state index in [4.69, 9.17) is 13.9 Å². The summed E-state index contributed by atoms with van der Waals surface area (Å²) in [5.41, 5.74) is 0.362. The molecule has 0 spiro atoms. The van der Waals surface area contributed by atoms with Crippen LogP contribution in [0, 0.1) is 0 Å². The van der Waals surface area contributed by atoms with Gasteiger partial charge in [-0.2, -0.15) is 0 Å². The summed E-state index contributed by atoms with van der Waals surface area (Å²) in [6.45, 7) is 19.0. The molecule has 26 heavy (non-hydrogen) atoms. The zero-order valence-corrected chi connectivity index (χ0v) is 18.6. The maximum absolute atomic E-state index is 10.5. The second-order valence-electron chi connectivity index (χ2n) is 8.77. The van der Waals surface area contributed by atoms with Crippen molar-refractivity contribution in [2.75, 3.05) is 7.11 Å². The second-order valence-corrected chi connectivity index (χ2v) is 13.5. The zero-order chi connectivity index (χ0) is 20.2. The van der Waals surface area contributed by atoms with Gasteiger partial charge in [0.2, 0.25) is 0 Å². The highest BCUT2D eigenvalue weighted by atomic mass is 28.4. The Labute approximate surface area is 160 Å². The van der Waals surface area contributed by atoms with Gasteiger partial charge >= 0.3 is 0 Å². The number of hydrogen-bond donors (Lipinski definition) is 1.